The summed E-state index contributed by atoms with van der Waals surface area (Å²) in [4.78, 5) is 26.1. The van der Waals surface area contributed by atoms with Gasteiger partial charge in [0, 0.05) is 28.8 Å². The molecule has 2 aliphatic heterocycles. The fourth-order valence-electron chi connectivity index (χ4n) is 3.41. The Hall–Kier alpha value is -1.14. The van der Waals surface area contributed by atoms with Gasteiger partial charge in [0.25, 0.3) is 5.56 Å². The van der Waals surface area contributed by atoms with E-state index in [9.17, 15) is 14.7 Å². The van der Waals surface area contributed by atoms with Gasteiger partial charge < -0.3 is 14.6 Å². The third-order valence-electron chi connectivity index (χ3n) is 4.25. The van der Waals surface area contributed by atoms with Crippen LogP contribution in [0.4, 0.5) is 0 Å². The van der Waals surface area contributed by atoms with E-state index >= 15 is 0 Å². The van der Waals surface area contributed by atoms with Gasteiger partial charge in [-0.1, -0.05) is 0 Å². The molecule has 2 atom stereocenters. The number of pyridine rings is 1. The standard InChI is InChI=1S/C14H17BrN2O3/c15-9-1-4-13(19)16(7-9)8-14(20)17-10-2-3-11(17)6-12(18)5-10/h1,4,7,10-12,18H,2-3,5-6,8H2. The van der Waals surface area contributed by atoms with Crippen molar-refractivity contribution in [3.63, 3.8) is 0 Å². The predicted molar refractivity (Wildman–Crippen MR) is 77.3 cm³/mol. The van der Waals surface area contributed by atoms with E-state index in [-0.39, 0.29) is 36.2 Å². The van der Waals surface area contributed by atoms with Crippen molar-refractivity contribution in [2.45, 2.75) is 50.4 Å². The Morgan fingerprint density at radius 3 is 2.60 bits per heavy atom. The molecule has 3 heterocycles. The zero-order valence-electron chi connectivity index (χ0n) is 11.0. The smallest absolute Gasteiger partial charge is 0.251 e. The summed E-state index contributed by atoms with van der Waals surface area (Å²) in [6.07, 6.45) is 4.60. The Morgan fingerprint density at radius 1 is 1.30 bits per heavy atom. The Balaban J connectivity index is 1.77. The fourth-order valence-corrected chi connectivity index (χ4v) is 3.79. The molecule has 1 aromatic rings. The topological polar surface area (TPSA) is 62.5 Å². The number of amides is 1. The first-order valence-electron chi connectivity index (χ1n) is 6.90. The van der Waals surface area contributed by atoms with Crippen molar-refractivity contribution in [3.05, 3.63) is 33.2 Å². The first-order valence-corrected chi connectivity index (χ1v) is 7.69. The van der Waals surface area contributed by atoms with E-state index in [1.54, 1.807) is 12.3 Å². The monoisotopic (exact) mass is 340 g/mol. The second-order valence-electron chi connectivity index (χ2n) is 5.62. The molecule has 0 radical (unpaired) electrons. The normalized spacial score (nSPS) is 28.7. The zero-order valence-corrected chi connectivity index (χ0v) is 12.6. The number of fused-ring (bicyclic) bond motifs is 2. The quantitative estimate of drug-likeness (QED) is 0.877. The molecule has 20 heavy (non-hydrogen) atoms. The van der Waals surface area contributed by atoms with Crippen LogP contribution >= 0.6 is 15.9 Å². The van der Waals surface area contributed by atoms with E-state index in [2.05, 4.69) is 15.9 Å². The molecular weight excluding hydrogens is 324 g/mol. The van der Waals surface area contributed by atoms with Crippen molar-refractivity contribution < 1.29 is 9.90 Å². The summed E-state index contributed by atoms with van der Waals surface area (Å²) in [5.74, 6) is -0.0235. The molecule has 0 saturated carbocycles. The van der Waals surface area contributed by atoms with Gasteiger partial charge in [0.15, 0.2) is 0 Å². The Kier molecular flexibility index (Phi) is 3.69. The molecule has 0 aliphatic carbocycles. The highest BCUT2D eigenvalue weighted by atomic mass is 79.9. The number of carbonyl (C=O) groups is 1. The molecule has 1 N–H and O–H groups in total. The number of hydrogen-bond donors (Lipinski definition) is 1. The summed E-state index contributed by atoms with van der Waals surface area (Å²) in [6, 6.07) is 3.40. The molecule has 3 rings (SSSR count). The van der Waals surface area contributed by atoms with Crippen LogP contribution in [0, 0.1) is 0 Å². The second kappa shape index (κ2) is 5.33. The summed E-state index contributed by atoms with van der Waals surface area (Å²) in [7, 11) is 0. The average Bonchev–Trinajstić information content (AvgIpc) is 2.66. The maximum Gasteiger partial charge on any atom is 0.251 e. The van der Waals surface area contributed by atoms with Crippen LogP contribution in [-0.4, -0.2) is 38.7 Å². The SMILES string of the molecule is O=C(Cn1cc(Br)ccc1=O)N1C2CCC1CC(O)C2. The number of hydrogen-bond acceptors (Lipinski definition) is 3. The van der Waals surface area contributed by atoms with E-state index in [1.807, 2.05) is 4.90 Å². The third-order valence-corrected chi connectivity index (χ3v) is 4.72. The van der Waals surface area contributed by atoms with Gasteiger partial charge in [0.1, 0.15) is 6.54 Å². The minimum atomic E-state index is -0.287. The summed E-state index contributed by atoms with van der Waals surface area (Å²) >= 11 is 3.31. The summed E-state index contributed by atoms with van der Waals surface area (Å²) < 4.78 is 2.21. The molecule has 6 heteroatoms. The minimum Gasteiger partial charge on any atom is -0.393 e. The van der Waals surface area contributed by atoms with Crippen molar-refractivity contribution in [3.8, 4) is 0 Å². The van der Waals surface area contributed by atoms with Crippen LogP contribution in [-0.2, 0) is 11.3 Å². The molecule has 0 spiro atoms. The van der Waals surface area contributed by atoms with Gasteiger partial charge in [0.05, 0.1) is 6.10 Å². The molecule has 2 unspecified atom stereocenters. The highest BCUT2D eigenvalue weighted by Gasteiger charge is 2.42. The van der Waals surface area contributed by atoms with Gasteiger partial charge in [-0.2, -0.15) is 0 Å². The van der Waals surface area contributed by atoms with Crippen LogP contribution in [0.25, 0.3) is 0 Å². The number of rotatable bonds is 2. The van der Waals surface area contributed by atoms with Gasteiger partial charge in [-0.25, -0.2) is 0 Å². The number of aromatic nitrogens is 1. The number of aliphatic hydroxyl groups is 1. The van der Waals surface area contributed by atoms with E-state index in [0.29, 0.717) is 12.8 Å². The Labute approximate surface area is 125 Å². The highest BCUT2D eigenvalue weighted by Crippen LogP contribution is 2.35. The number of aliphatic hydroxyl groups excluding tert-OH is 1. The molecule has 5 nitrogen and oxygen atoms in total. The predicted octanol–water partition coefficient (Wildman–Crippen LogP) is 1.13. The van der Waals surface area contributed by atoms with Crippen molar-refractivity contribution in [1.82, 2.24) is 9.47 Å². The lowest BCUT2D eigenvalue weighted by atomic mass is 10.00. The second-order valence-corrected chi connectivity index (χ2v) is 6.54. The molecule has 2 fully saturated rings. The summed E-state index contributed by atoms with van der Waals surface area (Å²) in [5, 5.41) is 9.76. The molecule has 1 amide bonds. The maximum absolute atomic E-state index is 12.5. The van der Waals surface area contributed by atoms with Crippen molar-refractivity contribution in [2.24, 2.45) is 0 Å². The average molecular weight is 341 g/mol. The Morgan fingerprint density at radius 2 is 1.95 bits per heavy atom. The van der Waals surface area contributed by atoms with Crippen molar-refractivity contribution in [1.29, 1.82) is 0 Å². The largest absolute Gasteiger partial charge is 0.393 e. The molecule has 1 aromatic heterocycles. The van der Waals surface area contributed by atoms with Gasteiger partial charge >= 0.3 is 0 Å². The lowest BCUT2D eigenvalue weighted by molar-refractivity contribution is -0.138. The Bertz CT molecular complexity index is 572. The first kappa shape index (κ1) is 13.8. The number of carbonyl (C=O) groups excluding carboxylic acids is 1. The number of nitrogens with zero attached hydrogens (tertiary/aromatic N) is 2. The molecule has 2 saturated heterocycles. The number of halogens is 1. The molecular formula is C14H17BrN2O3. The van der Waals surface area contributed by atoms with Crippen LogP contribution in [0.3, 0.4) is 0 Å². The van der Waals surface area contributed by atoms with Gasteiger partial charge in [0.2, 0.25) is 5.91 Å². The maximum atomic E-state index is 12.5. The molecule has 108 valence electrons. The summed E-state index contributed by atoms with van der Waals surface area (Å²) in [5.41, 5.74) is -0.175. The van der Waals surface area contributed by atoms with Crippen molar-refractivity contribution in [2.75, 3.05) is 0 Å². The number of piperidine rings is 1. The summed E-state index contributed by atoms with van der Waals surface area (Å²) in [6.45, 7) is 0.0708. The van der Waals surface area contributed by atoms with Crippen molar-refractivity contribution >= 4 is 21.8 Å². The molecule has 2 aliphatic rings. The lowest BCUT2D eigenvalue weighted by Gasteiger charge is -2.37. The fraction of sp³-hybridized carbons (Fsp3) is 0.571. The van der Waals surface area contributed by atoms with E-state index in [4.69, 9.17) is 0 Å². The van der Waals surface area contributed by atoms with Crippen LogP contribution in [0.2, 0.25) is 0 Å². The minimum absolute atomic E-state index is 0.0235. The van der Waals surface area contributed by atoms with Crippen LogP contribution in [0.5, 0.6) is 0 Å². The highest BCUT2D eigenvalue weighted by molar-refractivity contribution is 9.10. The first-order chi connectivity index (χ1) is 9.54. The van der Waals surface area contributed by atoms with Crippen LogP contribution in [0.1, 0.15) is 25.7 Å². The third kappa shape index (κ3) is 2.54. The molecule has 0 aromatic carbocycles. The van der Waals surface area contributed by atoms with Crippen LogP contribution < -0.4 is 5.56 Å². The zero-order chi connectivity index (χ0) is 14.3. The lowest BCUT2D eigenvalue weighted by Crippen LogP contribution is -2.49. The van der Waals surface area contributed by atoms with Gasteiger partial charge in [-0.05, 0) is 47.7 Å². The van der Waals surface area contributed by atoms with E-state index in [0.717, 1.165) is 17.3 Å². The van der Waals surface area contributed by atoms with E-state index < -0.39 is 0 Å². The molecule has 2 bridgehead atoms. The van der Waals surface area contributed by atoms with Crippen LogP contribution in [0.15, 0.2) is 27.6 Å². The van der Waals surface area contributed by atoms with Gasteiger partial charge in [-0.3, -0.25) is 9.59 Å². The van der Waals surface area contributed by atoms with Gasteiger partial charge in [-0.15, -0.1) is 0 Å². The van der Waals surface area contributed by atoms with E-state index in [1.165, 1.54) is 10.6 Å².